The Bertz CT molecular complexity index is 1200. The lowest BCUT2D eigenvalue weighted by molar-refractivity contribution is 0.215. The molecule has 0 unspecified atom stereocenters. The van der Waals surface area contributed by atoms with Crippen LogP contribution < -0.4 is 10.2 Å². The number of rotatable bonds is 4. The monoisotopic (exact) mass is 474 g/mol. The molecule has 1 fully saturated rings. The van der Waals surface area contributed by atoms with E-state index in [0.29, 0.717) is 35.9 Å². The normalized spacial score (nSPS) is 13.8. The molecule has 34 heavy (non-hydrogen) atoms. The molecule has 174 valence electrons. The molecule has 1 aliphatic heterocycles. The second kappa shape index (κ2) is 10.5. The Morgan fingerprint density at radius 2 is 1.76 bits per heavy atom. The number of hydrogen-bond acceptors (Lipinski definition) is 5. The molecule has 7 nitrogen and oxygen atoms in total. The number of benzene rings is 2. The van der Waals surface area contributed by atoms with Crippen molar-refractivity contribution in [1.82, 2.24) is 14.9 Å². The lowest BCUT2D eigenvalue weighted by Crippen LogP contribution is -2.38. The summed E-state index contributed by atoms with van der Waals surface area (Å²) >= 11 is 6.06. The van der Waals surface area contributed by atoms with Gasteiger partial charge in [-0.05, 0) is 62.2 Å². The predicted octanol–water partition coefficient (Wildman–Crippen LogP) is 4.95. The quantitative estimate of drug-likeness (QED) is 0.578. The molecular formula is C26H27ClN6O. The highest BCUT2D eigenvalue weighted by atomic mass is 35.5. The first kappa shape index (κ1) is 23.5. The van der Waals surface area contributed by atoms with Gasteiger partial charge >= 0.3 is 6.03 Å². The SMILES string of the molecule is Cc1nc(C)c(Cc2ccc(Cl)cc2)c(N2CCCN(C(=O)Nc3ccc(C#N)cc3)CC2)n1. The number of urea groups is 1. The Morgan fingerprint density at radius 1 is 1.03 bits per heavy atom. The maximum Gasteiger partial charge on any atom is 0.321 e. The molecule has 8 heteroatoms. The number of carbonyl (C=O) groups excluding carboxylic acids is 1. The zero-order chi connectivity index (χ0) is 24.1. The fourth-order valence-corrected chi connectivity index (χ4v) is 4.28. The fraction of sp³-hybridized carbons (Fsp3) is 0.308. The molecule has 0 saturated carbocycles. The van der Waals surface area contributed by atoms with Crippen molar-refractivity contribution in [2.75, 3.05) is 36.4 Å². The van der Waals surface area contributed by atoms with Gasteiger partial charge in [0.2, 0.25) is 0 Å². The van der Waals surface area contributed by atoms with Gasteiger partial charge in [0.25, 0.3) is 0 Å². The van der Waals surface area contributed by atoms with E-state index in [1.807, 2.05) is 43.0 Å². The number of aryl methyl sites for hydroxylation is 2. The number of carbonyl (C=O) groups is 1. The summed E-state index contributed by atoms with van der Waals surface area (Å²) in [5.74, 6) is 1.68. The number of hydrogen-bond donors (Lipinski definition) is 1. The van der Waals surface area contributed by atoms with Gasteiger partial charge < -0.3 is 15.1 Å². The molecule has 0 bridgehead atoms. The fourth-order valence-electron chi connectivity index (χ4n) is 4.16. The standard InChI is InChI=1S/C26H27ClN6O/c1-18-24(16-20-4-8-22(27)9-5-20)25(30-19(2)29-18)32-12-3-13-33(15-14-32)26(34)31-23-10-6-21(17-28)7-11-23/h4-11H,3,12-16H2,1-2H3,(H,31,34). The van der Waals surface area contributed by atoms with Crippen molar-refractivity contribution >= 4 is 29.1 Å². The second-order valence-corrected chi connectivity index (χ2v) is 8.85. The highest BCUT2D eigenvalue weighted by Gasteiger charge is 2.23. The first-order chi connectivity index (χ1) is 16.4. The number of anilines is 2. The van der Waals surface area contributed by atoms with Crippen LogP contribution in [0.25, 0.3) is 0 Å². The van der Waals surface area contributed by atoms with E-state index in [9.17, 15) is 4.79 Å². The maximum absolute atomic E-state index is 12.9. The third-order valence-corrected chi connectivity index (χ3v) is 6.20. The number of amides is 2. The van der Waals surface area contributed by atoms with Crippen LogP contribution in [0, 0.1) is 25.2 Å². The van der Waals surface area contributed by atoms with E-state index in [0.717, 1.165) is 47.8 Å². The molecule has 0 spiro atoms. The van der Waals surface area contributed by atoms with E-state index in [2.05, 4.69) is 21.3 Å². The lowest BCUT2D eigenvalue weighted by atomic mass is 10.0. The minimum Gasteiger partial charge on any atom is -0.354 e. The molecule has 3 aromatic rings. The van der Waals surface area contributed by atoms with Crippen LogP contribution in [0.2, 0.25) is 5.02 Å². The van der Waals surface area contributed by atoms with E-state index < -0.39 is 0 Å². The van der Waals surface area contributed by atoms with Gasteiger partial charge in [-0.2, -0.15) is 5.26 Å². The minimum atomic E-state index is -0.136. The van der Waals surface area contributed by atoms with Crippen molar-refractivity contribution in [3.63, 3.8) is 0 Å². The van der Waals surface area contributed by atoms with E-state index in [1.165, 1.54) is 0 Å². The first-order valence-corrected chi connectivity index (χ1v) is 11.7. The Balaban J connectivity index is 1.48. The van der Waals surface area contributed by atoms with Crippen molar-refractivity contribution in [3.8, 4) is 6.07 Å². The second-order valence-electron chi connectivity index (χ2n) is 8.41. The topological polar surface area (TPSA) is 85.2 Å². The summed E-state index contributed by atoms with van der Waals surface area (Å²) in [7, 11) is 0. The average molecular weight is 475 g/mol. The minimum absolute atomic E-state index is 0.136. The predicted molar refractivity (Wildman–Crippen MR) is 134 cm³/mol. The van der Waals surface area contributed by atoms with Gasteiger partial charge in [0, 0.05) is 54.6 Å². The van der Waals surface area contributed by atoms with Crippen LogP contribution in [0.3, 0.4) is 0 Å². The number of halogens is 1. The van der Waals surface area contributed by atoms with Gasteiger partial charge in [0.05, 0.1) is 11.6 Å². The summed E-state index contributed by atoms with van der Waals surface area (Å²) in [4.78, 5) is 26.4. The lowest BCUT2D eigenvalue weighted by Gasteiger charge is -2.26. The Labute approximate surface area is 205 Å². The van der Waals surface area contributed by atoms with Gasteiger partial charge in [-0.15, -0.1) is 0 Å². The first-order valence-electron chi connectivity index (χ1n) is 11.3. The van der Waals surface area contributed by atoms with E-state index in [-0.39, 0.29) is 6.03 Å². The van der Waals surface area contributed by atoms with Crippen molar-refractivity contribution in [1.29, 1.82) is 5.26 Å². The van der Waals surface area contributed by atoms with Crippen LogP contribution in [0.1, 0.15) is 34.6 Å². The Hall–Kier alpha value is -3.63. The summed E-state index contributed by atoms with van der Waals surface area (Å²) < 4.78 is 0. The Morgan fingerprint density at radius 3 is 2.47 bits per heavy atom. The van der Waals surface area contributed by atoms with E-state index in [4.69, 9.17) is 21.8 Å². The van der Waals surface area contributed by atoms with E-state index in [1.54, 1.807) is 24.3 Å². The van der Waals surface area contributed by atoms with Crippen LogP contribution in [-0.4, -0.2) is 47.1 Å². The largest absolute Gasteiger partial charge is 0.354 e. The molecule has 0 radical (unpaired) electrons. The molecular weight excluding hydrogens is 448 g/mol. The third-order valence-electron chi connectivity index (χ3n) is 5.95. The molecule has 2 aromatic carbocycles. The molecule has 4 rings (SSSR count). The van der Waals surface area contributed by atoms with Crippen LogP contribution in [-0.2, 0) is 6.42 Å². The van der Waals surface area contributed by atoms with Crippen molar-refractivity contribution in [2.45, 2.75) is 26.7 Å². The van der Waals surface area contributed by atoms with Gasteiger partial charge in [-0.3, -0.25) is 0 Å². The molecule has 1 aromatic heterocycles. The summed E-state index contributed by atoms with van der Waals surface area (Å²) in [5, 5.41) is 12.6. The summed E-state index contributed by atoms with van der Waals surface area (Å²) in [6, 6.07) is 16.7. The molecule has 1 saturated heterocycles. The van der Waals surface area contributed by atoms with Crippen LogP contribution in [0.15, 0.2) is 48.5 Å². The van der Waals surface area contributed by atoms with Crippen LogP contribution in [0.4, 0.5) is 16.3 Å². The van der Waals surface area contributed by atoms with E-state index >= 15 is 0 Å². The van der Waals surface area contributed by atoms with Gasteiger partial charge in [0.1, 0.15) is 11.6 Å². The average Bonchev–Trinajstić information content (AvgIpc) is 3.09. The molecule has 0 aliphatic carbocycles. The zero-order valence-electron chi connectivity index (χ0n) is 19.4. The molecule has 2 amide bonds. The summed E-state index contributed by atoms with van der Waals surface area (Å²) in [6.45, 7) is 6.68. The van der Waals surface area contributed by atoms with Gasteiger partial charge in [-0.25, -0.2) is 14.8 Å². The van der Waals surface area contributed by atoms with Gasteiger partial charge in [0.15, 0.2) is 0 Å². The highest BCUT2D eigenvalue weighted by Crippen LogP contribution is 2.26. The smallest absolute Gasteiger partial charge is 0.321 e. The molecule has 0 atom stereocenters. The Kier molecular flexibility index (Phi) is 7.29. The molecule has 2 heterocycles. The number of aromatic nitrogens is 2. The number of nitriles is 1. The molecule has 1 N–H and O–H groups in total. The van der Waals surface area contributed by atoms with Gasteiger partial charge in [-0.1, -0.05) is 23.7 Å². The van der Waals surface area contributed by atoms with Crippen LogP contribution >= 0.6 is 11.6 Å². The molecule has 1 aliphatic rings. The summed E-state index contributed by atoms with van der Waals surface area (Å²) in [5.41, 5.74) is 4.46. The maximum atomic E-state index is 12.9. The van der Waals surface area contributed by atoms with Crippen LogP contribution in [0.5, 0.6) is 0 Å². The third kappa shape index (κ3) is 5.64. The number of nitrogens with one attached hydrogen (secondary N) is 1. The number of nitrogens with zero attached hydrogens (tertiary/aromatic N) is 5. The summed E-state index contributed by atoms with van der Waals surface area (Å²) in [6.07, 6.45) is 1.56. The van der Waals surface area contributed by atoms with Crippen molar-refractivity contribution in [3.05, 3.63) is 81.8 Å². The van der Waals surface area contributed by atoms with Crippen molar-refractivity contribution < 1.29 is 4.79 Å². The van der Waals surface area contributed by atoms with Crippen molar-refractivity contribution in [2.24, 2.45) is 0 Å². The zero-order valence-corrected chi connectivity index (χ0v) is 20.1. The highest BCUT2D eigenvalue weighted by molar-refractivity contribution is 6.30.